The second-order valence-corrected chi connectivity index (χ2v) is 3.83. The molecule has 0 saturated heterocycles. The van der Waals surface area contributed by atoms with Crippen molar-refractivity contribution in [3.63, 3.8) is 0 Å². The fourth-order valence-corrected chi connectivity index (χ4v) is 1.54. The molecule has 2 rings (SSSR count). The van der Waals surface area contributed by atoms with Crippen molar-refractivity contribution in [1.82, 2.24) is 4.98 Å². The molecular formula is C13H15NO2. The van der Waals surface area contributed by atoms with Crippen molar-refractivity contribution in [2.24, 2.45) is 0 Å². The van der Waals surface area contributed by atoms with Gasteiger partial charge in [0.05, 0.1) is 5.69 Å². The van der Waals surface area contributed by atoms with Crippen LogP contribution in [0, 0.1) is 13.8 Å². The van der Waals surface area contributed by atoms with E-state index in [1.807, 2.05) is 38.1 Å². The number of aliphatic hydroxyl groups excluding tert-OH is 1. The molecule has 0 bridgehead atoms. The van der Waals surface area contributed by atoms with Gasteiger partial charge in [0.2, 0.25) is 5.89 Å². The Bertz CT molecular complexity index is 452. The zero-order valence-corrected chi connectivity index (χ0v) is 9.53. The highest BCUT2D eigenvalue weighted by atomic mass is 16.4. The summed E-state index contributed by atoms with van der Waals surface area (Å²) in [5.74, 6) is 1.51. The van der Waals surface area contributed by atoms with Crippen LogP contribution in [-0.4, -0.2) is 16.7 Å². The minimum atomic E-state index is 0.177. The molecule has 3 heteroatoms. The van der Waals surface area contributed by atoms with E-state index in [0.717, 1.165) is 22.6 Å². The minimum absolute atomic E-state index is 0.177. The molecule has 2 aromatic rings. The first-order chi connectivity index (χ1) is 7.70. The van der Waals surface area contributed by atoms with Crippen LogP contribution in [0.4, 0.5) is 0 Å². The van der Waals surface area contributed by atoms with Crippen molar-refractivity contribution < 1.29 is 9.52 Å². The summed E-state index contributed by atoms with van der Waals surface area (Å²) < 4.78 is 5.54. The topological polar surface area (TPSA) is 46.3 Å². The van der Waals surface area contributed by atoms with Gasteiger partial charge in [0.15, 0.2) is 0 Å². The molecular weight excluding hydrogens is 202 g/mol. The Balaban J connectivity index is 2.27. The van der Waals surface area contributed by atoms with Crippen LogP contribution in [0.2, 0.25) is 0 Å². The highest BCUT2D eigenvalue weighted by Gasteiger charge is 2.07. The first-order valence-corrected chi connectivity index (χ1v) is 5.35. The monoisotopic (exact) mass is 217 g/mol. The summed E-state index contributed by atoms with van der Waals surface area (Å²) in [5.41, 5.74) is 3.01. The van der Waals surface area contributed by atoms with Crippen LogP contribution in [0.3, 0.4) is 0 Å². The van der Waals surface area contributed by atoms with E-state index >= 15 is 0 Å². The van der Waals surface area contributed by atoms with Crippen LogP contribution in [-0.2, 0) is 6.42 Å². The van der Waals surface area contributed by atoms with E-state index in [1.54, 1.807) is 0 Å². The smallest absolute Gasteiger partial charge is 0.226 e. The van der Waals surface area contributed by atoms with Gasteiger partial charge in [0, 0.05) is 12.2 Å². The van der Waals surface area contributed by atoms with Crippen molar-refractivity contribution >= 4 is 0 Å². The number of nitrogens with zero attached hydrogens (tertiary/aromatic N) is 1. The van der Waals surface area contributed by atoms with Crippen LogP contribution < -0.4 is 0 Å². The largest absolute Gasteiger partial charge is 0.441 e. The molecule has 0 saturated carbocycles. The van der Waals surface area contributed by atoms with Gasteiger partial charge in [0.1, 0.15) is 5.76 Å². The Hall–Kier alpha value is -1.61. The van der Waals surface area contributed by atoms with Crippen LogP contribution in [0.25, 0.3) is 11.5 Å². The molecule has 0 fully saturated rings. The molecule has 0 amide bonds. The maximum atomic E-state index is 8.81. The van der Waals surface area contributed by atoms with Crippen molar-refractivity contribution in [2.75, 3.05) is 6.61 Å². The quantitative estimate of drug-likeness (QED) is 0.859. The van der Waals surface area contributed by atoms with Crippen LogP contribution in [0.1, 0.15) is 17.0 Å². The molecule has 3 nitrogen and oxygen atoms in total. The first kappa shape index (κ1) is 10.9. The highest BCUT2D eigenvalue weighted by molar-refractivity contribution is 5.54. The third-order valence-corrected chi connectivity index (χ3v) is 2.63. The number of aromatic nitrogens is 1. The van der Waals surface area contributed by atoms with Crippen molar-refractivity contribution in [3.05, 3.63) is 41.3 Å². The van der Waals surface area contributed by atoms with Crippen LogP contribution in [0.15, 0.2) is 28.7 Å². The fourth-order valence-electron chi connectivity index (χ4n) is 1.54. The molecule has 0 aliphatic heterocycles. The van der Waals surface area contributed by atoms with Gasteiger partial charge in [-0.15, -0.1) is 0 Å². The zero-order chi connectivity index (χ0) is 11.5. The Morgan fingerprint density at radius 3 is 2.38 bits per heavy atom. The molecule has 0 aliphatic carbocycles. The SMILES string of the molecule is Cc1nc(-c2ccc(CCO)cc2)oc1C. The number of aryl methyl sites for hydroxylation is 2. The Labute approximate surface area is 94.8 Å². The molecule has 1 aromatic carbocycles. The maximum Gasteiger partial charge on any atom is 0.226 e. The summed E-state index contributed by atoms with van der Waals surface area (Å²) >= 11 is 0. The van der Waals surface area contributed by atoms with E-state index in [4.69, 9.17) is 9.52 Å². The lowest BCUT2D eigenvalue weighted by atomic mass is 10.1. The van der Waals surface area contributed by atoms with E-state index in [9.17, 15) is 0 Å². The number of hydrogen-bond acceptors (Lipinski definition) is 3. The molecule has 1 N–H and O–H groups in total. The average molecular weight is 217 g/mol. The summed E-state index contributed by atoms with van der Waals surface area (Å²) in [6.45, 7) is 4.02. The van der Waals surface area contributed by atoms with Gasteiger partial charge in [-0.05, 0) is 38.0 Å². The van der Waals surface area contributed by atoms with Gasteiger partial charge in [0.25, 0.3) is 0 Å². The van der Waals surface area contributed by atoms with Gasteiger partial charge in [-0.3, -0.25) is 0 Å². The minimum Gasteiger partial charge on any atom is -0.441 e. The van der Waals surface area contributed by atoms with Crippen LogP contribution in [0.5, 0.6) is 0 Å². The molecule has 16 heavy (non-hydrogen) atoms. The van der Waals surface area contributed by atoms with E-state index < -0.39 is 0 Å². The number of aliphatic hydroxyl groups is 1. The Morgan fingerprint density at radius 2 is 1.88 bits per heavy atom. The second-order valence-electron chi connectivity index (χ2n) is 3.83. The first-order valence-electron chi connectivity index (χ1n) is 5.35. The third kappa shape index (κ3) is 2.14. The van der Waals surface area contributed by atoms with E-state index in [2.05, 4.69) is 4.98 Å². The summed E-state index contributed by atoms with van der Waals surface area (Å²) in [5, 5.41) is 8.81. The summed E-state index contributed by atoms with van der Waals surface area (Å²) in [6.07, 6.45) is 0.684. The molecule has 0 spiro atoms. The maximum absolute atomic E-state index is 8.81. The molecule has 0 aliphatic rings. The van der Waals surface area contributed by atoms with Crippen molar-refractivity contribution in [3.8, 4) is 11.5 Å². The Morgan fingerprint density at radius 1 is 1.19 bits per heavy atom. The number of oxazole rings is 1. The highest BCUT2D eigenvalue weighted by Crippen LogP contribution is 2.21. The number of benzene rings is 1. The molecule has 0 atom stereocenters. The standard InChI is InChI=1S/C13H15NO2/c1-9-10(2)16-13(14-9)12-5-3-11(4-6-12)7-8-15/h3-6,15H,7-8H2,1-2H3. The van der Waals surface area contributed by atoms with E-state index in [-0.39, 0.29) is 6.61 Å². The van der Waals surface area contributed by atoms with Crippen molar-refractivity contribution in [1.29, 1.82) is 0 Å². The normalized spacial score (nSPS) is 10.7. The van der Waals surface area contributed by atoms with Gasteiger partial charge < -0.3 is 9.52 Å². The molecule has 0 unspecified atom stereocenters. The molecule has 1 aromatic heterocycles. The molecule has 84 valence electrons. The summed E-state index contributed by atoms with van der Waals surface area (Å²) in [6, 6.07) is 7.91. The number of rotatable bonds is 3. The predicted molar refractivity (Wildman–Crippen MR) is 62.2 cm³/mol. The summed E-state index contributed by atoms with van der Waals surface area (Å²) in [4.78, 5) is 4.34. The van der Waals surface area contributed by atoms with Crippen LogP contribution >= 0.6 is 0 Å². The number of hydrogen-bond donors (Lipinski definition) is 1. The Kier molecular flexibility index (Phi) is 3.06. The predicted octanol–water partition coefficient (Wildman–Crippen LogP) is 2.49. The average Bonchev–Trinajstić information content (AvgIpc) is 2.61. The fraction of sp³-hybridized carbons (Fsp3) is 0.308. The lowest BCUT2D eigenvalue weighted by Gasteiger charge is -1.99. The molecule has 1 heterocycles. The zero-order valence-electron chi connectivity index (χ0n) is 9.53. The molecule has 0 radical (unpaired) electrons. The van der Waals surface area contributed by atoms with Crippen molar-refractivity contribution in [2.45, 2.75) is 20.3 Å². The van der Waals surface area contributed by atoms with E-state index in [1.165, 1.54) is 0 Å². The van der Waals surface area contributed by atoms with Gasteiger partial charge in [-0.25, -0.2) is 4.98 Å². The van der Waals surface area contributed by atoms with Gasteiger partial charge >= 0.3 is 0 Å². The third-order valence-electron chi connectivity index (χ3n) is 2.63. The van der Waals surface area contributed by atoms with Gasteiger partial charge in [-0.2, -0.15) is 0 Å². The second kappa shape index (κ2) is 4.49. The summed E-state index contributed by atoms with van der Waals surface area (Å²) in [7, 11) is 0. The lowest BCUT2D eigenvalue weighted by Crippen LogP contribution is -1.89. The van der Waals surface area contributed by atoms with Gasteiger partial charge in [-0.1, -0.05) is 12.1 Å². The van der Waals surface area contributed by atoms with E-state index in [0.29, 0.717) is 12.3 Å². The lowest BCUT2D eigenvalue weighted by molar-refractivity contribution is 0.299.